The lowest BCUT2D eigenvalue weighted by atomic mass is 9.89. The van der Waals surface area contributed by atoms with Crippen molar-refractivity contribution in [1.29, 1.82) is 0 Å². The normalized spacial score (nSPS) is 28.9. The number of rotatable bonds is 2. The molecule has 96 valence electrons. The van der Waals surface area contributed by atoms with Crippen molar-refractivity contribution in [3.8, 4) is 0 Å². The molecule has 1 aliphatic heterocycles. The summed E-state index contributed by atoms with van der Waals surface area (Å²) < 4.78 is 2.25. The SMILES string of the molecule is CC(C)(C)[Si](C)(C)N1C(=O)[C@H]2C(CBr)=CC[C@H]21. The minimum Gasteiger partial charge on any atom is -0.365 e. The Morgan fingerprint density at radius 3 is 2.53 bits per heavy atom. The van der Waals surface area contributed by atoms with E-state index in [-0.39, 0.29) is 11.0 Å². The number of alkyl halides is 1. The van der Waals surface area contributed by atoms with Crippen LogP contribution in [0.15, 0.2) is 11.6 Å². The third-order valence-electron chi connectivity index (χ3n) is 4.83. The molecule has 1 amide bonds. The van der Waals surface area contributed by atoms with E-state index in [9.17, 15) is 4.79 Å². The highest BCUT2D eigenvalue weighted by Crippen LogP contribution is 2.49. The number of hydrogen-bond acceptors (Lipinski definition) is 1. The van der Waals surface area contributed by atoms with Gasteiger partial charge in [-0.15, -0.1) is 0 Å². The second-order valence-electron chi connectivity index (χ2n) is 6.71. The average Bonchev–Trinajstić information content (AvgIpc) is 2.53. The van der Waals surface area contributed by atoms with Crippen LogP contribution < -0.4 is 0 Å². The van der Waals surface area contributed by atoms with Crippen molar-refractivity contribution in [2.75, 3.05) is 5.33 Å². The van der Waals surface area contributed by atoms with Crippen LogP contribution >= 0.6 is 15.9 Å². The molecule has 1 aliphatic carbocycles. The van der Waals surface area contributed by atoms with Crippen molar-refractivity contribution in [2.24, 2.45) is 5.92 Å². The number of halogens is 1. The summed E-state index contributed by atoms with van der Waals surface area (Å²) in [5, 5.41) is 1.09. The molecule has 2 aliphatic rings. The Balaban J connectivity index is 2.22. The summed E-state index contributed by atoms with van der Waals surface area (Å²) in [7, 11) is -1.68. The molecule has 0 aromatic carbocycles. The summed E-state index contributed by atoms with van der Waals surface area (Å²) in [5.41, 5.74) is 1.30. The topological polar surface area (TPSA) is 20.3 Å². The van der Waals surface area contributed by atoms with Gasteiger partial charge in [0.2, 0.25) is 5.91 Å². The van der Waals surface area contributed by atoms with Gasteiger partial charge in [-0.3, -0.25) is 4.79 Å². The Morgan fingerprint density at radius 1 is 1.47 bits per heavy atom. The number of hydrogen-bond donors (Lipinski definition) is 0. The molecule has 0 unspecified atom stereocenters. The summed E-state index contributed by atoms with van der Waals surface area (Å²) in [5.74, 6) is 0.577. The quantitative estimate of drug-likeness (QED) is 0.330. The molecule has 0 spiro atoms. The fourth-order valence-electron chi connectivity index (χ4n) is 2.78. The van der Waals surface area contributed by atoms with E-state index in [1.165, 1.54) is 5.57 Å². The first-order valence-electron chi connectivity index (χ1n) is 6.30. The van der Waals surface area contributed by atoms with Gasteiger partial charge in [0.1, 0.15) is 0 Å². The van der Waals surface area contributed by atoms with Crippen LogP contribution in [0.5, 0.6) is 0 Å². The van der Waals surface area contributed by atoms with Gasteiger partial charge in [0, 0.05) is 11.4 Å². The lowest BCUT2D eigenvalue weighted by Gasteiger charge is -2.57. The molecule has 1 fully saturated rings. The van der Waals surface area contributed by atoms with Crippen LogP contribution in [0.1, 0.15) is 27.2 Å². The van der Waals surface area contributed by atoms with Crippen LogP contribution in [-0.4, -0.2) is 30.1 Å². The van der Waals surface area contributed by atoms with E-state index < -0.39 is 8.24 Å². The van der Waals surface area contributed by atoms with Crippen molar-refractivity contribution in [3.63, 3.8) is 0 Å². The molecule has 2 rings (SSSR count). The number of carbonyl (C=O) groups excluding carboxylic acids is 1. The first-order valence-corrected chi connectivity index (χ1v) is 10.4. The largest absolute Gasteiger partial charge is 0.365 e. The minimum absolute atomic E-state index is 0.198. The van der Waals surface area contributed by atoms with Crippen LogP contribution in [0.3, 0.4) is 0 Å². The standard InChI is InChI=1S/C13H22BrNOSi/c1-13(2,3)17(4,5)15-10-7-6-9(8-14)11(10)12(15)16/h6,10-11H,7-8H2,1-5H3/t10-,11+/m1/s1. The molecule has 2 nitrogen and oxygen atoms in total. The van der Waals surface area contributed by atoms with E-state index in [4.69, 9.17) is 0 Å². The molecule has 4 heteroatoms. The highest BCUT2D eigenvalue weighted by Gasteiger charge is 2.58. The highest BCUT2D eigenvalue weighted by atomic mass is 79.9. The second-order valence-corrected chi connectivity index (χ2v) is 12.4. The molecule has 1 heterocycles. The molecule has 1 saturated heterocycles. The zero-order chi connectivity index (χ0) is 13.0. The first-order chi connectivity index (χ1) is 7.71. The van der Waals surface area contributed by atoms with Crippen molar-refractivity contribution < 1.29 is 4.79 Å². The van der Waals surface area contributed by atoms with Crippen molar-refractivity contribution in [3.05, 3.63) is 11.6 Å². The Bertz CT molecular complexity index is 383. The third-order valence-corrected chi connectivity index (χ3v) is 10.9. The molecule has 0 N–H and O–H groups in total. The van der Waals surface area contributed by atoms with Crippen LogP contribution in [0.2, 0.25) is 18.1 Å². The third kappa shape index (κ3) is 1.75. The Hall–Kier alpha value is -0.0931. The van der Waals surface area contributed by atoms with Crippen LogP contribution in [-0.2, 0) is 4.79 Å². The fraction of sp³-hybridized carbons (Fsp3) is 0.769. The van der Waals surface area contributed by atoms with Gasteiger partial charge in [-0.25, -0.2) is 0 Å². The average molecular weight is 316 g/mol. The van der Waals surface area contributed by atoms with Gasteiger partial charge in [0.15, 0.2) is 8.24 Å². The summed E-state index contributed by atoms with van der Waals surface area (Å²) in [6.45, 7) is 11.5. The van der Waals surface area contributed by atoms with Gasteiger partial charge in [0.05, 0.1) is 5.92 Å². The first kappa shape index (κ1) is 13.3. The minimum atomic E-state index is -1.68. The maximum atomic E-state index is 12.4. The predicted molar refractivity (Wildman–Crippen MR) is 77.8 cm³/mol. The summed E-state index contributed by atoms with van der Waals surface area (Å²) in [6, 6.07) is 0.468. The van der Waals surface area contributed by atoms with E-state index >= 15 is 0 Å². The summed E-state index contributed by atoms with van der Waals surface area (Å²) in [6.07, 6.45) is 3.32. The maximum absolute atomic E-state index is 12.4. The molecule has 0 radical (unpaired) electrons. The van der Waals surface area contributed by atoms with Gasteiger partial charge in [-0.05, 0) is 17.0 Å². The van der Waals surface area contributed by atoms with Gasteiger partial charge in [-0.2, -0.15) is 0 Å². The number of amides is 1. The number of fused-ring (bicyclic) bond motifs is 1. The van der Waals surface area contributed by atoms with Gasteiger partial charge in [0.25, 0.3) is 0 Å². The lowest BCUT2D eigenvalue weighted by molar-refractivity contribution is -0.144. The monoisotopic (exact) mass is 315 g/mol. The van der Waals surface area contributed by atoms with Crippen molar-refractivity contribution >= 4 is 30.1 Å². The molecule has 2 atom stereocenters. The Morgan fingerprint density at radius 2 is 2.06 bits per heavy atom. The zero-order valence-electron chi connectivity index (χ0n) is 11.4. The van der Waals surface area contributed by atoms with Gasteiger partial charge in [-0.1, -0.05) is 55.9 Å². The molecule has 0 saturated carbocycles. The zero-order valence-corrected chi connectivity index (χ0v) is 14.0. The molecule has 17 heavy (non-hydrogen) atoms. The molecule has 0 aromatic heterocycles. The smallest absolute Gasteiger partial charge is 0.224 e. The molecular weight excluding hydrogens is 294 g/mol. The number of carbonyl (C=O) groups is 1. The van der Waals surface area contributed by atoms with E-state index in [0.29, 0.717) is 11.9 Å². The van der Waals surface area contributed by atoms with Crippen LogP contribution in [0.25, 0.3) is 0 Å². The maximum Gasteiger partial charge on any atom is 0.224 e. The van der Waals surface area contributed by atoms with Crippen molar-refractivity contribution in [2.45, 2.75) is 51.4 Å². The number of nitrogens with zero attached hydrogens (tertiary/aromatic N) is 1. The highest BCUT2D eigenvalue weighted by molar-refractivity contribution is 9.09. The second kappa shape index (κ2) is 3.95. The predicted octanol–water partition coefficient (Wildman–Crippen LogP) is 3.54. The Kier molecular flexibility index (Phi) is 3.10. The van der Waals surface area contributed by atoms with E-state index in [2.05, 4.69) is 60.4 Å². The Labute approximate surface area is 114 Å². The van der Waals surface area contributed by atoms with Crippen LogP contribution in [0.4, 0.5) is 0 Å². The molecular formula is C13H22BrNOSi. The molecule has 0 aromatic rings. The summed E-state index contributed by atoms with van der Waals surface area (Å²) in [4.78, 5) is 12.4. The van der Waals surface area contributed by atoms with E-state index in [0.717, 1.165) is 11.8 Å². The van der Waals surface area contributed by atoms with Gasteiger partial charge >= 0.3 is 0 Å². The van der Waals surface area contributed by atoms with E-state index in [1.54, 1.807) is 0 Å². The lowest BCUT2D eigenvalue weighted by Crippen LogP contribution is -2.71. The van der Waals surface area contributed by atoms with Crippen LogP contribution in [0, 0.1) is 5.92 Å². The molecule has 0 bridgehead atoms. The fourth-order valence-corrected chi connectivity index (χ4v) is 5.85. The summed E-state index contributed by atoms with van der Waals surface area (Å²) >= 11 is 3.49. The van der Waals surface area contributed by atoms with Crippen molar-refractivity contribution in [1.82, 2.24) is 4.57 Å². The number of β-lactam (4-membered cyclic amide) rings is 1. The van der Waals surface area contributed by atoms with Gasteiger partial charge < -0.3 is 4.57 Å². The van der Waals surface area contributed by atoms with E-state index in [1.807, 2.05) is 0 Å².